The van der Waals surface area contributed by atoms with E-state index in [4.69, 9.17) is 11.6 Å². The molecule has 0 saturated carbocycles. The maximum atomic E-state index is 12.7. The van der Waals surface area contributed by atoms with Crippen molar-refractivity contribution < 1.29 is 14.5 Å². The molecule has 0 atom stereocenters. The average molecular weight is 382 g/mol. The molecule has 4 rings (SSSR count). The predicted octanol–water partition coefficient (Wildman–Crippen LogP) is 3.90. The Kier molecular flexibility index (Phi) is 3.89. The minimum absolute atomic E-state index is 0.0165. The second-order valence-electron chi connectivity index (χ2n) is 6.20. The van der Waals surface area contributed by atoms with Gasteiger partial charge in [0.2, 0.25) is 0 Å². The number of hydrogen-bond donors (Lipinski definition) is 0. The Bertz CT molecular complexity index is 1160. The molecule has 8 heteroatoms. The van der Waals surface area contributed by atoms with Gasteiger partial charge in [0.25, 0.3) is 17.5 Å². The van der Waals surface area contributed by atoms with Crippen LogP contribution in [0.5, 0.6) is 0 Å². The van der Waals surface area contributed by atoms with Gasteiger partial charge in [-0.25, -0.2) is 4.98 Å². The largest absolute Gasteiger partial charge is 0.270 e. The number of carbonyl (C=O) groups excluding carboxylic acids is 2. The lowest BCUT2D eigenvalue weighted by Gasteiger charge is -2.16. The number of rotatable bonds is 3. The molecule has 0 unspecified atom stereocenters. The predicted molar refractivity (Wildman–Crippen MR) is 98.8 cm³/mol. The monoisotopic (exact) mass is 381 g/mol. The number of pyridine rings is 1. The van der Waals surface area contributed by atoms with Gasteiger partial charge in [-0.15, -0.1) is 0 Å². The lowest BCUT2D eigenvalue weighted by atomic mass is 10.1. The molecule has 27 heavy (non-hydrogen) atoms. The summed E-state index contributed by atoms with van der Waals surface area (Å²) in [5.41, 5.74) is 1.83. The van der Waals surface area contributed by atoms with E-state index in [1.165, 1.54) is 12.1 Å². The quantitative estimate of drug-likeness (QED) is 0.389. The normalized spacial score (nSPS) is 13.3. The van der Waals surface area contributed by atoms with Gasteiger partial charge < -0.3 is 0 Å². The molecule has 0 radical (unpaired) electrons. The van der Waals surface area contributed by atoms with Crippen LogP contribution in [-0.2, 0) is 6.54 Å². The molecule has 1 aromatic heterocycles. The van der Waals surface area contributed by atoms with Gasteiger partial charge in [-0.05, 0) is 24.6 Å². The highest BCUT2D eigenvalue weighted by molar-refractivity contribution is 6.33. The molecule has 2 heterocycles. The Hall–Kier alpha value is -3.32. The van der Waals surface area contributed by atoms with E-state index in [-0.39, 0.29) is 23.4 Å². The summed E-state index contributed by atoms with van der Waals surface area (Å²) in [7, 11) is 0. The van der Waals surface area contributed by atoms with E-state index in [1.807, 2.05) is 31.2 Å². The first-order chi connectivity index (χ1) is 12.9. The smallest absolute Gasteiger partial charge is 0.269 e. The maximum Gasteiger partial charge on any atom is 0.270 e. The highest BCUT2D eigenvalue weighted by Crippen LogP contribution is 2.31. The topological polar surface area (TPSA) is 93.4 Å². The van der Waals surface area contributed by atoms with E-state index in [0.717, 1.165) is 21.9 Å². The Morgan fingerprint density at radius 1 is 1.11 bits per heavy atom. The third-order valence-corrected chi connectivity index (χ3v) is 5.12. The second-order valence-corrected chi connectivity index (χ2v) is 6.58. The third kappa shape index (κ3) is 2.63. The molecule has 0 spiro atoms. The molecule has 7 nitrogen and oxygen atoms in total. The van der Waals surface area contributed by atoms with Crippen molar-refractivity contribution in [2.45, 2.75) is 13.5 Å². The number of aromatic nitrogens is 1. The number of hydrogen-bond acceptors (Lipinski definition) is 5. The van der Waals surface area contributed by atoms with Crippen LogP contribution in [0.1, 0.15) is 32.0 Å². The molecule has 2 aromatic carbocycles. The number of para-hydroxylation sites is 1. The fourth-order valence-corrected chi connectivity index (χ4v) is 3.41. The standard InChI is InChI=1S/C19H12ClN3O4/c1-10-12-4-2-3-5-15(12)21-16(17(10)20)9-22-18(24)13-7-6-11(23(26)27)8-14(13)19(22)25/h2-8H,9H2,1H3. The molecule has 0 saturated heterocycles. The number of fused-ring (bicyclic) bond motifs is 2. The van der Waals surface area contributed by atoms with Crippen LogP contribution in [0.2, 0.25) is 5.02 Å². The highest BCUT2D eigenvalue weighted by atomic mass is 35.5. The Morgan fingerprint density at radius 2 is 1.81 bits per heavy atom. The number of nitro groups is 1. The van der Waals surface area contributed by atoms with Crippen molar-refractivity contribution in [3.8, 4) is 0 Å². The number of imide groups is 1. The van der Waals surface area contributed by atoms with E-state index in [1.54, 1.807) is 0 Å². The first-order valence-electron chi connectivity index (χ1n) is 8.07. The summed E-state index contributed by atoms with van der Waals surface area (Å²) >= 11 is 6.42. The zero-order valence-electron chi connectivity index (χ0n) is 14.1. The lowest BCUT2D eigenvalue weighted by molar-refractivity contribution is -0.384. The first kappa shape index (κ1) is 17.1. The van der Waals surface area contributed by atoms with Crippen molar-refractivity contribution in [1.29, 1.82) is 0 Å². The molecule has 2 amide bonds. The number of non-ortho nitro benzene ring substituents is 1. The molecular formula is C19H12ClN3O4. The molecule has 134 valence electrons. The van der Waals surface area contributed by atoms with E-state index < -0.39 is 16.7 Å². The Balaban J connectivity index is 1.74. The van der Waals surface area contributed by atoms with Crippen molar-refractivity contribution in [3.05, 3.63) is 80.0 Å². The van der Waals surface area contributed by atoms with Gasteiger partial charge in [-0.2, -0.15) is 0 Å². The fraction of sp³-hybridized carbons (Fsp3) is 0.105. The van der Waals surface area contributed by atoms with Crippen molar-refractivity contribution >= 4 is 40.0 Å². The van der Waals surface area contributed by atoms with Gasteiger partial charge in [0.1, 0.15) is 0 Å². The summed E-state index contributed by atoms with van der Waals surface area (Å²) < 4.78 is 0. The number of aryl methyl sites for hydroxylation is 1. The number of halogens is 1. The minimum Gasteiger partial charge on any atom is -0.269 e. The summed E-state index contributed by atoms with van der Waals surface area (Å²) in [5.74, 6) is -1.11. The molecule has 3 aromatic rings. The summed E-state index contributed by atoms with van der Waals surface area (Å²) in [6.07, 6.45) is 0. The van der Waals surface area contributed by atoms with E-state index in [0.29, 0.717) is 16.2 Å². The van der Waals surface area contributed by atoms with Crippen molar-refractivity contribution in [2.75, 3.05) is 0 Å². The van der Waals surface area contributed by atoms with E-state index in [9.17, 15) is 19.7 Å². The highest BCUT2D eigenvalue weighted by Gasteiger charge is 2.37. The number of nitro benzene ring substituents is 1. The van der Waals surface area contributed by atoms with Crippen molar-refractivity contribution in [1.82, 2.24) is 9.88 Å². The lowest BCUT2D eigenvalue weighted by Crippen LogP contribution is -2.29. The molecule has 0 aliphatic carbocycles. The number of amides is 2. The van der Waals surface area contributed by atoms with Crippen LogP contribution >= 0.6 is 11.6 Å². The van der Waals surface area contributed by atoms with Gasteiger partial charge >= 0.3 is 0 Å². The van der Waals surface area contributed by atoms with Crippen LogP contribution in [0.4, 0.5) is 5.69 Å². The average Bonchev–Trinajstić information content (AvgIpc) is 2.90. The van der Waals surface area contributed by atoms with Crippen LogP contribution in [-0.4, -0.2) is 26.6 Å². The van der Waals surface area contributed by atoms with Crippen LogP contribution in [0.15, 0.2) is 42.5 Å². The fourth-order valence-electron chi connectivity index (χ4n) is 3.21. The number of benzene rings is 2. The van der Waals surface area contributed by atoms with Crippen molar-refractivity contribution in [3.63, 3.8) is 0 Å². The molecule has 1 aliphatic heterocycles. The Labute approximate surface area is 158 Å². The number of nitrogens with zero attached hydrogens (tertiary/aromatic N) is 3. The summed E-state index contributed by atoms with van der Waals surface area (Å²) in [5, 5.41) is 12.2. The molecule has 1 aliphatic rings. The van der Waals surface area contributed by atoms with E-state index >= 15 is 0 Å². The minimum atomic E-state index is -0.605. The van der Waals surface area contributed by atoms with Crippen LogP contribution < -0.4 is 0 Å². The van der Waals surface area contributed by atoms with Crippen LogP contribution in [0.25, 0.3) is 10.9 Å². The second kappa shape index (κ2) is 6.14. The Morgan fingerprint density at radius 3 is 2.56 bits per heavy atom. The zero-order valence-corrected chi connectivity index (χ0v) is 14.9. The SMILES string of the molecule is Cc1c(Cl)c(CN2C(=O)c3ccc([N+](=O)[O-])cc3C2=O)nc2ccccc12. The summed E-state index contributed by atoms with van der Waals surface area (Å²) in [6, 6.07) is 11.1. The maximum absolute atomic E-state index is 12.7. The van der Waals surface area contributed by atoms with Gasteiger partial charge in [0.15, 0.2) is 0 Å². The molecule has 0 N–H and O–H groups in total. The van der Waals surface area contributed by atoms with Crippen molar-refractivity contribution in [2.24, 2.45) is 0 Å². The zero-order chi connectivity index (χ0) is 19.3. The van der Waals surface area contributed by atoms with Crippen LogP contribution in [0.3, 0.4) is 0 Å². The van der Waals surface area contributed by atoms with Gasteiger partial charge in [0, 0.05) is 17.5 Å². The first-order valence-corrected chi connectivity index (χ1v) is 8.44. The summed E-state index contributed by atoms with van der Waals surface area (Å²) in [4.78, 5) is 41.1. The summed E-state index contributed by atoms with van der Waals surface area (Å²) in [6.45, 7) is 1.74. The molecule has 0 fully saturated rings. The molecular weight excluding hydrogens is 370 g/mol. The third-order valence-electron chi connectivity index (χ3n) is 4.62. The van der Waals surface area contributed by atoms with E-state index in [2.05, 4.69) is 4.98 Å². The van der Waals surface area contributed by atoms with Gasteiger partial charge in [-0.1, -0.05) is 29.8 Å². The number of carbonyl (C=O) groups is 2. The van der Waals surface area contributed by atoms with Gasteiger partial charge in [0.05, 0.1) is 38.8 Å². The van der Waals surface area contributed by atoms with Crippen LogP contribution in [0, 0.1) is 17.0 Å². The van der Waals surface area contributed by atoms with Gasteiger partial charge in [-0.3, -0.25) is 24.6 Å². The molecule has 0 bridgehead atoms.